The molecule has 2 aromatic rings. The topological polar surface area (TPSA) is 30.9 Å². The molecule has 0 radical (unpaired) electrons. The highest BCUT2D eigenvalue weighted by molar-refractivity contribution is 5.94. The fourth-order valence-corrected chi connectivity index (χ4v) is 6.25. The largest absolute Gasteiger partial charge is 0.344 e. The lowest BCUT2D eigenvalue weighted by atomic mass is 9.91. The summed E-state index contributed by atoms with van der Waals surface area (Å²) in [4.78, 5) is 9.85. The Bertz CT molecular complexity index is 1260. The third-order valence-electron chi connectivity index (χ3n) is 8.96. The molecule has 0 spiro atoms. The van der Waals surface area contributed by atoms with Crippen molar-refractivity contribution in [1.82, 2.24) is 9.80 Å². The molecular weight excluding hydrogens is 548 g/mol. The molecule has 0 amide bonds. The van der Waals surface area contributed by atoms with Gasteiger partial charge < -0.3 is 10.2 Å². The number of hydrogen-bond donors (Lipinski definition) is 1. The van der Waals surface area contributed by atoms with Crippen molar-refractivity contribution in [2.75, 3.05) is 38.5 Å². The Morgan fingerprint density at radius 1 is 0.889 bits per heavy atom. The van der Waals surface area contributed by atoms with Crippen LogP contribution < -0.4 is 5.32 Å². The van der Waals surface area contributed by atoms with Crippen molar-refractivity contribution in [3.8, 4) is 0 Å². The first-order valence-electron chi connectivity index (χ1n) is 17.7. The second kappa shape index (κ2) is 19.5. The van der Waals surface area contributed by atoms with Crippen molar-refractivity contribution in [2.24, 2.45) is 10.9 Å². The van der Waals surface area contributed by atoms with E-state index < -0.39 is 0 Å². The molecule has 1 saturated heterocycles. The summed E-state index contributed by atoms with van der Waals surface area (Å²) < 4.78 is 0. The third kappa shape index (κ3) is 13.1. The maximum atomic E-state index is 4.89. The maximum absolute atomic E-state index is 4.89. The minimum Gasteiger partial charge on any atom is -0.344 e. The number of unbranched alkanes of at least 4 members (excludes halogenated alkanes) is 1. The highest BCUT2D eigenvalue weighted by atomic mass is 15.2. The smallest absolute Gasteiger partial charge is 0.103 e. The van der Waals surface area contributed by atoms with Crippen LogP contribution in [0.5, 0.6) is 0 Å². The van der Waals surface area contributed by atoms with Crippen LogP contribution >= 0.6 is 0 Å². The summed E-state index contributed by atoms with van der Waals surface area (Å²) in [6, 6.07) is 15.7. The van der Waals surface area contributed by atoms with Gasteiger partial charge in [0.2, 0.25) is 0 Å². The van der Waals surface area contributed by atoms with Crippen LogP contribution in [-0.4, -0.2) is 48.9 Å². The van der Waals surface area contributed by atoms with E-state index in [4.69, 9.17) is 4.99 Å². The molecule has 0 unspecified atom stereocenters. The Hall–Kier alpha value is -2.95. The number of anilines is 1. The Labute approximate surface area is 276 Å². The molecule has 0 aromatic heterocycles. The van der Waals surface area contributed by atoms with Crippen molar-refractivity contribution in [2.45, 2.75) is 106 Å². The average Bonchev–Trinajstić information content (AvgIpc) is 3.01. The number of amidine groups is 1. The molecule has 1 saturated carbocycles. The number of rotatable bonds is 10. The second-order valence-corrected chi connectivity index (χ2v) is 13.5. The number of benzene rings is 2. The molecule has 1 aliphatic carbocycles. The van der Waals surface area contributed by atoms with E-state index >= 15 is 0 Å². The molecule has 4 rings (SSSR count). The van der Waals surface area contributed by atoms with Crippen molar-refractivity contribution >= 4 is 17.1 Å². The maximum Gasteiger partial charge on any atom is 0.103 e. The standard InChI is InChI=1S/C34H48N4.C7H14/c1-8-10-12-28(5)34(24-35-29(6)36-32-22-26(3)21-27(4)23-32)33(11-9-2)31-15-13-30(14-16-31)25-38-19-17-37(7)18-20-38;1-7-5-3-2-4-6-7/h11-16,21-24H,8-10,17-20,25H2,1-7H3,(H,35,36);7H,2-6H2,1H3/b28-12+,33-11-,34-24+;. The summed E-state index contributed by atoms with van der Waals surface area (Å²) in [6.45, 7) is 20.9. The van der Waals surface area contributed by atoms with Crippen LogP contribution in [0.3, 0.4) is 0 Å². The van der Waals surface area contributed by atoms with Gasteiger partial charge in [-0.15, -0.1) is 0 Å². The number of aryl methyl sites for hydroxylation is 2. The minimum absolute atomic E-state index is 0.883. The molecule has 1 heterocycles. The third-order valence-corrected chi connectivity index (χ3v) is 8.96. The van der Waals surface area contributed by atoms with E-state index in [-0.39, 0.29) is 0 Å². The zero-order valence-corrected chi connectivity index (χ0v) is 29.9. The van der Waals surface area contributed by atoms with Crippen molar-refractivity contribution in [1.29, 1.82) is 0 Å². The van der Waals surface area contributed by atoms with Gasteiger partial charge in [-0.05, 0) is 99.0 Å². The molecule has 2 fully saturated rings. The van der Waals surface area contributed by atoms with Crippen LogP contribution in [0.2, 0.25) is 0 Å². The predicted octanol–water partition coefficient (Wildman–Crippen LogP) is 10.6. The number of hydrogen-bond acceptors (Lipinski definition) is 3. The summed E-state index contributed by atoms with van der Waals surface area (Å²) in [5.74, 6) is 1.92. The fourth-order valence-electron chi connectivity index (χ4n) is 6.25. The van der Waals surface area contributed by atoms with E-state index in [0.717, 1.165) is 69.4 Å². The second-order valence-electron chi connectivity index (χ2n) is 13.5. The van der Waals surface area contributed by atoms with Crippen LogP contribution in [-0.2, 0) is 6.54 Å². The van der Waals surface area contributed by atoms with Gasteiger partial charge in [-0.2, -0.15) is 0 Å². The molecule has 0 atom stereocenters. The number of aliphatic imine (C=N–C) groups is 1. The van der Waals surface area contributed by atoms with Crippen molar-refractivity contribution in [3.63, 3.8) is 0 Å². The first-order valence-corrected chi connectivity index (χ1v) is 17.7. The van der Waals surface area contributed by atoms with Gasteiger partial charge in [0.1, 0.15) is 5.84 Å². The molecule has 4 heteroatoms. The highest BCUT2D eigenvalue weighted by Crippen LogP contribution is 2.30. The normalized spacial score (nSPS) is 18.0. The summed E-state index contributed by atoms with van der Waals surface area (Å²) in [5.41, 5.74) is 9.93. The zero-order chi connectivity index (χ0) is 32.6. The molecule has 1 aliphatic heterocycles. The van der Waals surface area contributed by atoms with Gasteiger partial charge in [-0.25, -0.2) is 4.99 Å². The summed E-state index contributed by atoms with van der Waals surface area (Å²) in [5, 5.41) is 3.48. The summed E-state index contributed by atoms with van der Waals surface area (Å²) >= 11 is 0. The molecular formula is C41H62N4. The van der Waals surface area contributed by atoms with Crippen molar-refractivity contribution in [3.05, 3.63) is 94.2 Å². The van der Waals surface area contributed by atoms with E-state index in [9.17, 15) is 0 Å². The van der Waals surface area contributed by atoms with Gasteiger partial charge in [0, 0.05) is 50.2 Å². The lowest BCUT2D eigenvalue weighted by Crippen LogP contribution is -2.43. The Balaban J connectivity index is 0.000000693. The lowest BCUT2D eigenvalue weighted by molar-refractivity contribution is 0.148. The first-order chi connectivity index (χ1) is 21.7. The number of likely N-dealkylation sites (N-methyl/N-ethyl adjacent to an activating group) is 1. The van der Waals surface area contributed by atoms with Gasteiger partial charge in [-0.1, -0.05) is 102 Å². The van der Waals surface area contributed by atoms with Crippen LogP contribution in [0, 0.1) is 19.8 Å². The Morgan fingerprint density at radius 2 is 1.53 bits per heavy atom. The van der Waals surface area contributed by atoms with Gasteiger partial charge in [0.05, 0.1) is 0 Å². The monoisotopic (exact) mass is 610 g/mol. The number of nitrogens with zero attached hydrogens (tertiary/aromatic N) is 3. The van der Waals surface area contributed by atoms with Gasteiger partial charge in [-0.3, -0.25) is 4.90 Å². The molecule has 0 bridgehead atoms. The number of allylic oxidation sites excluding steroid dienone is 5. The summed E-state index contributed by atoms with van der Waals surface area (Å²) in [6.07, 6.45) is 17.3. The molecule has 1 N–H and O–H groups in total. The van der Waals surface area contributed by atoms with E-state index in [0.29, 0.717) is 0 Å². The molecule has 4 nitrogen and oxygen atoms in total. The molecule has 2 aliphatic rings. The van der Waals surface area contributed by atoms with Crippen LogP contribution in [0.25, 0.3) is 5.57 Å². The molecule has 246 valence electrons. The Kier molecular flexibility index (Phi) is 15.9. The lowest BCUT2D eigenvalue weighted by Gasteiger charge is -2.32. The summed E-state index contributed by atoms with van der Waals surface area (Å²) in [7, 11) is 2.21. The van der Waals surface area contributed by atoms with Gasteiger partial charge in [0.25, 0.3) is 0 Å². The van der Waals surface area contributed by atoms with E-state index in [1.165, 1.54) is 71.1 Å². The highest BCUT2D eigenvalue weighted by Gasteiger charge is 2.15. The fraction of sp³-hybridized carbons (Fsp3) is 0.537. The average molecular weight is 611 g/mol. The zero-order valence-electron chi connectivity index (χ0n) is 29.9. The predicted molar refractivity (Wildman–Crippen MR) is 199 cm³/mol. The minimum atomic E-state index is 0.883. The van der Waals surface area contributed by atoms with E-state index in [1.54, 1.807) is 0 Å². The Morgan fingerprint density at radius 3 is 2.09 bits per heavy atom. The van der Waals surface area contributed by atoms with E-state index in [1.807, 2.05) is 13.1 Å². The van der Waals surface area contributed by atoms with Crippen LogP contribution in [0.4, 0.5) is 5.69 Å². The first kappa shape index (κ1) is 36.5. The number of piperazine rings is 1. The van der Waals surface area contributed by atoms with Crippen LogP contribution in [0.15, 0.2) is 77.0 Å². The molecule has 45 heavy (non-hydrogen) atoms. The van der Waals surface area contributed by atoms with Crippen LogP contribution in [0.1, 0.15) is 108 Å². The molecule has 2 aromatic carbocycles. The van der Waals surface area contributed by atoms with Crippen molar-refractivity contribution < 1.29 is 0 Å². The van der Waals surface area contributed by atoms with E-state index in [2.05, 4.69) is 118 Å². The number of nitrogens with one attached hydrogen (secondary N) is 1. The van der Waals surface area contributed by atoms with Gasteiger partial charge >= 0.3 is 0 Å². The SMILES string of the molecule is CC1CCCCC1.CC\C=C(C(=C/N=C(C)Nc1cc(C)cc(C)c1)/C(C)=C/CCC)\c1ccc(CN2CCN(C)CC2)cc1. The quantitative estimate of drug-likeness (QED) is 0.165. The van der Waals surface area contributed by atoms with Gasteiger partial charge in [0.15, 0.2) is 0 Å².